The lowest BCUT2D eigenvalue weighted by molar-refractivity contribution is 0.0724. The normalized spacial score (nSPS) is 10.7. The third-order valence-corrected chi connectivity index (χ3v) is 4.92. The van der Waals surface area contributed by atoms with E-state index in [1.807, 2.05) is 54.6 Å². The van der Waals surface area contributed by atoms with Gasteiger partial charge in [-0.15, -0.1) is 0 Å². The molecule has 7 heteroatoms. The van der Waals surface area contributed by atoms with Gasteiger partial charge in [-0.05, 0) is 36.2 Å². The molecule has 0 aliphatic heterocycles. The maximum atomic E-state index is 12.9. The van der Waals surface area contributed by atoms with Crippen LogP contribution in [0.3, 0.4) is 0 Å². The molecule has 0 aliphatic carbocycles. The van der Waals surface area contributed by atoms with Gasteiger partial charge in [0.05, 0.1) is 13.4 Å². The Morgan fingerprint density at radius 3 is 2.61 bits per heavy atom. The van der Waals surface area contributed by atoms with Crippen molar-refractivity contribution < 1.29 is 18.5 Å². The van der Waals surface area contributed by atoms with Crippen molar-refractivity contribution in [2.45, 2.75) is 12.8 Å². The fourth-order valence-electron chi connectivity index (χ4n) is 3.25. The number of aromatic nitrogens is 2. The van der Waals surface area contributed by atoms with Crippen LogP contribution in [0.1, 0.15) is 22.0 Å². The Bertz CT molecular complexity index is 1110. The lowest BCUT2D eigenvalue weighted by atomic mass is 10.1. The first-order valence-corrected chi connectivity index (χ1v) is 10.1. The van der Waals surface area contributed by atoms with Crippen LogP contribution in [0.2, 0.25) is 0 Å². The minimum Gasteiger partial charge on any atom is -0.497 e. The van der Waals surface area contributed by atoms with E-state index in [-0.39, 0.29) is 5.91 Å². The van der Waals surface area contributed by atoms with E-state index < -0.39 is 0 Å². The Morgan fingerprint density at radius 2 is 1.84 bits per heavy atom. The summed E-state index contributed by atoms with van der Waals surface area (Å²) >= 11 is 0. The lowest BCUT2D eigenvalue weighted by Gasteiger charge is -2.21. The van der Waals surface area contributed by atoms with Crippen molar-refractivity contribution in [3.63, 3.8) is 0 Å². The first-order valence-electron chi connectivity index (χ1n) is 10.1. The molecule has 4 aromatic rings. The van der Waals surface area contributed by atoms with Gasteiger partial charge in [0.2, 0.25) is 11.7 Å². The maximum Gasteiger partial charge on any atom is 0.289 e. The predicted molar refractivity (Wildman–Crippen MR) is 115 cm³/mol. The van der Waals surface area contributed by atoms with Crippen LogP contribution in [0.5, 0.6) is 5.75 Å². The highest BCUT2D eigenvalue weighted by molar-refractivity contribution is 5.91. The van der Waals surface area contributed by atoms with Gasteiger partial charge in [0.25, 0.3) is 5.91 Å². The van der Waals surface area contributed by atoms with Crippen LogP contribution in [0, 0.1) is 0 Å². The zero-order chi connectivity index (χ0) is 21.5. The summed E-state index contributed by atoms with van der Waals surface area (Å²) in [5.74, 6) is 1.83. The molecule has 0 aliphatic rings. The van der Waals surface area contributed by atoms with Crippen LogP contribution < -0.4 is 4.74 Å². The number of amides is 1. The summed E-state index contributed by atoms with van der Waals surface area (Å²) in [6, 6.07) is 20.9. The topological polar surface area (TPSA) is 81.6 Å². The fraction of sp³-hybridized carbons (Fsp3) is 0.208. The van der Waals surface area contributed by atoms with Crippen molar-refractivity contribution in [2.24, 2.45) is 0 Å². The van der Waals surface area contributed by atoms with E-state index in [0.717, 1.165) is 23.3 Å². The number of carbonyl (C=O) groups is 1. The average molecular weight is 417 g/mol. The molecule has 2 aromatic heterocycles. The molecular formula is C24H23N3O4. The molecule has 0 atom stereocenters. The van der Waals surface area contributed by atoms with Crippen LogP contribution in [-0.2, 0) is 12.8 Å². The van der Waals surface area contributed by atoms with Gasteiger partial charge in [0, 0.05) is 25.1 Å². The molecule has 0 bridgehead atoms. The van der Waals surface area contributed by atoms with Gasteiger partial charge in [-0.3, -0.25) is 4.79 Å². The van der Waals surface area contributed by atoms with E-state index in [2.05, 4.69) is 10.1 Å². The second-order valence-electron chi connectivity index (χ2n) is 7.00. The molecule has 1 amide bonds. The Balaban J connectivity index is 1.44. The van der Waals surface area contributed by atoms with E-state index in [9.17, 15) is 4.79 Å². The largest absolute Gasteiger partial charge is 0.497 e. The van der Waals surface area contributed by atoms with Crippen molar-refractivity contribution in [3.8, 4) is 17.1 Å². The van der Waals surface area contributed by atoms with Gasteiger partial charge in [-0.2, -0.15) is 4.98 Å². The standard InChI is InChI=1S/C24H23N3O4/c1-29-20-10-5-9-19(17-20)23-25-22(31-26-23)13-15-27(24(28)21-11-6-16-30-21)14-12-18-7-3-2-4-8-18/h2-11,16-17H,12-15H2,1H3. The van der Waals surface area contributed by atoms with E-state index in [1.54, 1.807) is 24.1 Å². The number of nitrogens with zero attached hydrogens (tertiary/aromatic N) is 3. The van der Waals surface area contributed by atoms with Crippen LogP contribution in [-0.4, -0.2) is 41.1 Å². The Morgan fingerprint density at radius 1 is 1.00 bits per heavy atom. The van der Waals surface area contributed by atoms with Gasteiger partial charge >= 0.3 is 0 Å². The number of ether oxygens (including phenoxy) is 1. The van der Waals surface area contributed by atoms with Crippen molar-refractivity contribution in [1.82, 2.24) is 15.0 Å². The summed E-state index contributed by atoms with van der Waals surface area (Å²) in [5.41, 5.74) is 1.97. The molecule has 2 heterocycles. The zero-order valence-electron chi connectivity index (χ0n) is 17.2. The van der Waals surface area contributed by atoms with Crippen LogP contribution in [0.25, 0.3) is 11.4 Å². The molecule has 158 valence electrons. The van der Waals surface area contributed by atoms with Crippen LogP contribution >= 0.6 is 0 Å². The molecule has 0 unspecified atom stereocenters. The first kappa shape index (κ1) is 20.4. The lowest BCUT2D eigenvalue weighted by Crippen LogP contribution is -2.34. The molecule has 0 fully saturated rings. The molecule has 7 nitrogen and oxygen atoms in total. The molecule has 2 aromatic carbocycles. The summed E-state index contributed by atoms with van der Waals surface area (Å²) < 4.78 is 16.0. The van der Waals surface area contributed by atoms with Crippen molar-refractivity contribution >= 4 is 5.91 Å². The monoisotopic (exact) mass is 417 g/mol. The SMILES string of the molecule is COc1cccc(-c2noc(CCN(CCc3ccccc3)C(=O)c3ccco3)n2)c1. The number of rotatable bonds is 9. The highest BCUT2D eigenvalue weighted by atomic mass is 16.5. The summed E-state index contributed by atoms with van der Waals surface area (Å²) in [6.07, 6.45) is 2.69. The summed E-state index contributed by atoms with van der Waals surface area (Å²) in [5, 5.41) is 4.06. The number of benzene rings is 2. The Kier molecular flexibility index (Phi) is 6.42. The minimum atomic E-state index is -0.159. The van der Waals surface area contributed by atoms with E-state index >= 15 is 0 Å². The maximum absolute atomic E-state index is 12.9. The fourth-order valence-corrected chi connectivity index (χ4v) is 3.25. The van der Waals surface area contributed by atoms with Crippen molar-refractivity contribution in [1.29, 1.82) is 0 Å². The van der Waals surface area contributed by atoms with Gasteiger partial charge in [0.15, 0.2) is 5.76 Å². The van der Waals surface area contributed by atoms with E-state index in [0.29, 0.717) is 37.0 Å². The number of carbonyl (C=O) groups excluding carboxylic acids is 1. The third-order valence-electron chi connectivity index (χ3n) is 4.92. The predicted octanol–water partition coefficient (Wildman–Crippen LogP) is 4.27. The van der Waals surface area contributed by atoms with Crippen LogP contribution in [0.15, 0.2) is 81.9 Å². The summed E-state index contributed by atoms with van der Waals surface area (Å²) in [6.45, 7) is 0.993. The smallest absolute Gasteiger partial charge is 0.289 e. The van der Waals surface area contributed by atoms with Crippen molar-refractivity contribution in [2.75, 3.05) is 20.2 Å². The van der Waals surface area contributed by atoms with Gasteiger partial charge < -0.3 is 18.6 Å². The molecule has 31 heavy (non-hydrogen) atoms. The highest BCUT2D eigenvalue weighted by Gasteiger charge is 2.19. The summed E-state index contributed by atoms with van der Waals surface area (Å²) in [7, 11) is 1.61. The second-order valence-corrected chi connectivity index (χ2v) is 7.00. The summed E-state index contributed by atoms with van der Waals surface area (Å²) in [4.78, 5) is 19.1. The number of methoxy groups -OCH3 is 1. The Hall–Kier alpha value is -3.87. The Labute approximate surface area is 180 Å². The molecular weight excluding hydrogens is 394 g/mol. The van der Waals surface area contributed by atoms with Crippen LogP contribution in [0.4, 0.5) is 0 Å². The zero-order valence-corrected chi connectivity index (χ0v) is 17.2. The van der Waals surface area contributed by atoms with Crippen molar-refractivity contribution in [3.05, 3.63) is 90.2 Å². The average Bonchev–Trinajstić information content (AvgIpc) is 3.52. The molecule has 4 rings (SSSR count). The van der Waals surface area contributed by atoms with Gasteiger partial charge in [-0.25, -0.2) is 0 Å². The quantitative estimate of drug-likeness (QED) is 0.405. The molecule has 0 radical (unpaired) electrons. The molecule has 0 N–H and O–H groups in total. The van der Waals surface area contributed by atoms with Gasteiger partial charge in [0.1, 0.15) is 5.75 Å². The number of furan rings is 1. The second kappa shape index (κ2) is 9.75. The number of hydrogen-bond donors (Lipinski definition) is 0. The third kappa shape index (κ3) is 5.19. The highest BCUT2D eigenvalue weighted by Crippen LogP contribution is 2.21. The molecule has 0 saturated carbocycles. The first-order chi connectivity index (χ1) is 15.2. The number of hydrogen-bond acceptors (Lipinski definition) is 6. The van der Waals surface area contributed by atoms with Gasteiger partial charge in [-0.1, -0.05) is 47.6 Å². The van der Waals surface area contributed by atoms with E-state index in [1.165, 1.54) is 6.26 Å². The van der Waals surface area contributed by atoms with E-state index in [4.69, 9.17) is 13.7 Å². The molecule has 0 saturated heterocycles. The molecule has 0 spiro atoms. The minimum absolute atomic E-state index is 0.159.